The van der Waals surface area contributed by atoms with Crippen molar-refractivity contribution < 1.29 is 22.7 Å². The third-order valence-electron chi connectivity index (χ3n) is 4.88. The largest absolute Gasteiger partial charge is 0.456 e. The molecule has 1 aromatic carbocycles. The van der Waals surface area contributed by atoms with Crippen LogP contribution in [0.5, 0.6) is 0 Å². The average Bonchev–Trinajstić information content (AvgIpc) is 2.71. The van der Waals surface area contributed by atoms with E-state index in [4.69, 9.17) is 4.74 Å². The topological polar surface area (TPSA) is 92.8 Å². The summed E-state index contributed by atoms with van der Waals surface area (Å²) in [4.78, 5) is 23.7. The molecule has 1 aromatic rings. The van der Waals surface area contributed by atoms with Crippen LogP contribution in [0.2, 0.25) is 0 Å². The zero-order valence-electron chi connectivity index (χ0n) is 16.6. The maximum absolute atomic E-state index is 12.6. The number of esters is 1. The number of aryl methyl sites for hydroxylation is 1. The molecular weight excluding hydrogens is 380 g/mol. The molecule has 1 heterocycles. The highest BCUT2D eigenvalue weighted by atomic mass is 32.2. The van der Waals surface area contributed by atoms with E-state index in [1.54, 1.807) is 24.3 Å². The standard InChI is InChI=1S/C20H30N2O5S/c1-3-16(2)21-19(23)15-27-20(24)12-9-17-7-10-18(11-8-17)28(25,26)22-13-5-4-6-14-22/h7-8,10-11,16H,3-6,9,12-15H2,1-2H3,(H,21,23)/t16-/m0/s1. The third-order valence-corrected chi connectivity index (χ3v) is 6.79. The number of nitrogens with one attached hydrogen (secondary N) is 1. The van der Waals surface area contributed by atoms with E-state index in [9.17, 15) is 18.0 Å². The zero-order chi connectivity index (χ0) is 20.6. The average molecular weight is 411 g/mol. The van der Waals surface area contributed by atoms with Gasteiger partial charge in [-0.25, -0.2) is 8.42 Å². The molecule has 156 valence electrons. The molecule has 1 aliphatic rings. The molecular formula is C20H30N2O5S. The van der Waals surface area contributed by atoms with Gasteiger partial charge in [0.2, 0.25) is 10.0 Å². The van der Waals surface area contributed by atoms with Crippen LogP contribution in [0.1, 0.15) is 51.5 Å². The number of ether oxygens (including phenoxy) is 1. The number of nitrogens with zero attached hydrogens (tertiary/aromatic N) is 1. The van der Waals surface area contributed by atoms with E-state index in [1.165, 1.54) is 4.31 Å². The molecule has 8 heteroatoms. The van der Waals surface area contributed by atoms with Gasteiger partial charge < -0.3 is 10.1 Å². The van der Waals surface area contributed by atoms with Crippen molar-refractivity contribution in [2.75, 3.05) is 19.7 Å². The summed E-state index contributed by atoms with van der Waals surface area (Å²) in [6.07, 6.45) is 4.23. The van der Waals surface area contributed by atoms with Crippen molar-refractivity contribution in [1.29, 1.82) is 0 Å². The van der Waals surface area contributed by atoms with Crippen LogP contribution in [-0.2, 0) is 30.8 Å². The highest BCUT2D eigenvalue weighted by Gasteiger charge is 2.25. The van der Waals surface area contributed by atoms with E-state index in [1.807, 2.05) is 13.8 Å². The quantitative estimate of drug-likeness (QED) is 0.631. The molecule has 0 radical (unpaired) electrons. The predicted octanol–water partition coefficient (Wildman–Crippen LogP) is 2.25. The van der Waals surface area contributed by atoms with E-state index in [0.717, 1.165) is 31.2 Å². The number of rotatable bonds is 9. The molecule has 0 bridgehead atoms. The van der Waals surface area contributed by atoms with E-state index >= 15 is 0 Å². The van der Waals surface area contributed by atoms with Crippen molar-refractivity contribution in [2.24, 2.45) is 0 Å². The van der Waals surface area contributed by atoms with Gasteiger partial charge in [-0.3, -0.25) is 9.59 Å². The normalized spacial score (nSPS) is 16.4. The molecule has 1 amide bonds. The Balaban J connectivity index is 1.80. The predicted molar refractivity (Wildman–Crippen MR) is 106 cm³/mol. The fourth-order valence-corrected chi connectivity index (χ4v) is 4.48. The second kappa shape index (κ2) is 10.6. The van der Waals surface area contributed by atoms with Gasteiger partial charge in [-0.15, -0.1) is 0 Å². The highest BCUT2D eigenvalue weighted by Crippen LogP contribution is 2.21. The molecule has 1 atom stereocenters. The minimum absolute atomic E-state index is 0.0472. The Morgan fingerprint density at radius 1 is 1.14 bits per heavy atom. The van der Waals surface area contributed by atoms with E-state index in [-0.39, 0.29) is 29.9 Å². The lowest BCUT2D eigenvalue weighted by atomic mass is 10.1. The van der Waals surface area contributed by atoms with Crippen LogP contribution in [-0.4, -0.2) is 50.3 Å². The Morgan fingerprint density at radius 2 is 1.79 bits per heavy atom. The monoisotopic (exact) mass is 410 g/mol. The van der Waals surface area contributed by atoms with Gasteiger partial charge in [0.1, 0.15) is 0 Å². The molecule has 0 unspecified atom stereocenters. The first-order chi connectivity index (χ1) is 13.3. The number of amides is 1. The van der Waals surface area contributed by atoms with Gasteiger partial charge in [-0.2, -0.15) is 4.31 Å². The highest BCUT2D eigenvalue weighted by molar-refractivity contribution is 7.89. The van der Waals surface area contributed by atoms with E-state index in [0.29, 0.717) is 19.5 Å². The molecule has 1 fully saturated rings. The first-order valence-electron chi connectivity index (χ1n) is 9.87. The zero-order valence-corrected chi connectivity index (χ0v) is 17.5. The molecule has 2 rings (SSSR count). The summed E-state index contributed by atoms with van der Waals surface area (Å²) in [6.45, 7) is 4.70. The minimum Gasteiger partial charge on any atom is -0.456 e. The van der Waals surface area contributed by atoms with Gasteiger partial charge in [-0.1, -0.05) is 25.5 Å². The van der Waals surface area contributed by atoms with Crippen LogP contribution >= 0.6 is 0 Å². The van der Waals surface area contributed by atoms with Crippen molar-refractivity contribution >= 4 is 21.9 Å². The van der Waals surface area contributed by atoms with E-state index in [2.05, 4.69) is 5.32 Å². The Labute approximate surface area is 167 Å². The smallest absolute Gasteiger partial charge is 0.306 e. The lowest BCUT2D eigenvalue weighted by Gasteiger charge is -2.25. The number of sulfonamides is 1. The molecule has 1 aliphatic heterocycles. The van der Waals surface area contributed by atoms with Gasteiger partial charge in [-0.05, 0) is 50.3 Å². The number of benzene rings is 1. The van der Waals surface area contributed by atoms with Crippen LogP contribution in [0, 0.1) is 0 Å². The number of hydrogen-bond acceptors (Lipinski definition) is 5. The number of piperidine rings is 1. The summed E-state index contributed by atoms with van der Waals surface area (Å²) >= 11 is 0. The fourth-order valence-electron chi connectivity index (χ4n) is 2.97. The summed E-state index contributed by atoms with van der Waals surface area (Å²) < 4.78 is 31.8. The van der Waals surface area contributed by atoms with Gasteiger partial charge in [0.25, 0.3) is 5.91 Å². The summed E-state index contributed by atoms with van der Waals surface area (Å²) in [5, 5.41) is 2.73. The van der Waals surface area contributed by atoms with Crippen LogP contribution in [0.25, 0.3) is 0 Å². The molecule has 0 saturated carbocycles. The molecule has 1 saturated heterocycles. The summed E-state index contributed by atoms with van der Waals surface area (Å²) in [6, 6.07) is 6.67. The molecule has 28 heavy (non-hydrogen) atoms. The van der Waals surface area contributed by atoms with Crippen molar-refractivity contribution in [1.82, 2.24) is 9.62 Å². The molecule has 1 N–H and O–H groups in total. The van der Waals surface area contributed by atoms with Crippen molar-refractivity contribution in [2.45, 2.75) is 63.3 Å². The number of carbonyl (C=O) groups excluding carboxylic acids is 2. The lowest BCUT2D eigenvalue weighted by Crippen LogP contribution is -2.35. The first kappa shape index (κ1) is 22.4. The van der Waals surface area contributed by atoms with Crippen LogP contribution < -0.4 is 5.32 Å². The summed E-state index contributed by atoms with van der Waals surface area (Å²) in [5.74, 6) is -0.765. The number of carbonyl (C=O) groups is 2. The van der Waals surface area contributed by atoms with Crippen molar-refractivity contribution in [3.05, 3.63) is 29.8 Å². The second-order valence-corrected chi connectivity index (χ2v) is 9.08. The number of hydrogen-bond donors (Lipinski definition) is 1. The first-order valence-corrected chi connectivity index (χ1v) is 11.3. The minimum atomic E-state index is -3.44. The second-order valence-electron chi connectivity index (χ2n) is 7.15. The fraction of sp³-hybridized carbons (Fsp3) is 0.600. The SMILES string of the molecule is CC[C@H](C)NC(=O)COC(=O)CCc1ccc(S(=O)(=O)N2CCCCC2)cc1. The van der Waals surface area contributed by atoms with E-state index < -0.39 is 16.0 Å². The molecule has 0 aromatic heterocycles. The summed E-state index contributed by atoms with van der Waals surface area (Å²) in [7, 11) is -3.44. The molecule has 7 nitrogen and oxygen atoms in total. The molecule has 0 spiro atoms. The maximum Gasteiger partial charge on any atom is 0.306 e. The third kappa shape index (κ3) is 6.60. The van der Waals surface area contributed by atoms with Gasteiger partial charge in [0.15, 0.2) is 6.61 Å². The Bertz CT molecular complexity index is 755. The Morgan fingerprint density at radius 3 is 2.39 bits per heavy atom. The van der Waals surface area contributed by atoms with Gasteiger partial charge in [0.05, 0.1) is 4.90 Å². The van der Waals surface area contributed by atoms with Crippen molar-refractivity contribution in [3.8, 4) is 0 Å². The summed E-state index contributed by atoms with van der Waals surface area (Å²) in [5.41, 5.74) is 0.846. The molecule has 0 aliphatic carbocycles. The maximum atomic E-state index is 12.6. The van der Waals surface area contributed by atoms with Crippen LogP contribution in [0.4, 0.5) is 0 Å². The van der Waals surface area contributed by atoms with Crippen LogP contribution in [0.15, 0.2) is 29.2 Å². The lowest BCUT2D eigenvalue weighted by molar-refractivity contribution is -0.148. The Hall–Kier alpha value is -1.93. The Kier molecular flexibility index (Phi) is 8.44. The van der Waals surface area contributed by atoms with Gasteiger partial charge >= 0.3 is 5.97 Å². The van der Waals surface area contributed by atoms with Crippen LogP contribution in [0.3, 0.4) is 0 Å². The van der Waals surface area contributed by atoms with Crippen molar-refractivity contribution in [3.63, 3.8) is 0 Å². The van der Waals surface area contributed by atoms with Gasteiger partial charge in [0, 0.05) is 25.6 Å².